The molecule has 0 aliphatic carbocycles. The first-order valence-corrected chi connectivity index (χ1v) is 17.4. The van der Waals surface area contributed by atoms with E-state index in [1.54, 1.807) is 0 Å². The second-order valence-corrected chi connectivity index (χ2v) is 14.6. The zero-order valence-electron chi connectivity index (χ0n) is 31.4. The molecule has 3 N–H and O–H groups in total. The second kappa shape index (κ2) is 21.3. The van der Waals surface area contributed by atoms with E-state index in [1.807, 2.05) is 83.1 Å². The first-order valence-electron chi connectivity index (χ1n) is 17.4. The molecule has 0 aliphatic heterocycles. The predicted octanol–water partition coefficient (Wildman–Crippen LogP) is 11.7. The van der Waals surface area contributed by atoms with Gasteiger partial charge < -0.3 is 15.3 Å². The van der Waals surface area contributed by atoms with Crippen molar-refractivity contribution in [3.05, 3.63) is 129 Å². The van der Waals surface area contributed by atoms with Gasteiger partial charge in [-0.25, -0.2) is 0 Å². The first-order chi connectivity index (χ1) is 22.0. The Morgan fingerprint density at radius 2 is 0.766 bits per heavy atom. The summed E-state index contributed by atoms with van der Waals surface area (Å²) in [5, 5.41) is 28.5. The lowest BCUT2D eigenvalue weighted by Gasteiger charge is -2.14. The quantitative estimate of drug-likeness (QED) is 0.180. The van der Waals surface area contributed by atoms with Crippen LogP contribution in [0.3, 0.4) is 0 Å². The maximum absolute atomic E-state index is 9.69. The molecule has 0 saturated heterocycles. The molecular formula is C44H64O3. The highest BCUT2D eigenvalue weighted by Crippen LogP contribution is 2.22. The third-order valence-corrected chi connectivity index (χ3v) is 7.65. The van der Waals surface area contributed by atoms with Gasteiger partial charge in [0.1, 0.15) is 11.5 Å². The maximum atomic E-state index is 9.69. The Morgan fingerprint density at radius 1 is 0.447 bits per heavy atom. The molecule has 3 nitrogen and oxygen atoms in total. The minimum atomic E-state index is -0.328. The molecule has 0 aliphatic rings. The summed E-state index contributed by atoms with van der Waals surface area (Å²) in [6.07, 6.45) is 2.94. The van der Waals surface area contributed by atoms with Gasteiger partial charge in [0.25, 0.3) is 0 Å². The number of aromatic hydroxyl groups is 2. The molecule has 0 spiro atoms. The van der Waals surface area contributed by atoms with Gasteiger partial charge in [-0.1, -0.05) is 139 Å². The molecule has 1 atom stereocenters. The fourth-order valence-electron chi connectivity index (χ4n) is 4.85. The summed E-state index contributed by atoms with van der Waals surface area (Å²) in [4.78, 5) is 0. The fraction of sp³-hybridized carbons (Fsp3) is 0.455. The van der Waals surface area contributed by atoms with E-state index in [4.69, 9.17) is 0 Å². The van der Waals surface area contributed by atoms with Crippen molar-refractivity contribution in [2.45, 2.75) is 108 Å². The third-order valence-electron chi connectivity index (χ3n) is 7.65. The Kier molecular flexibility index (Phi) is 18.8. The van der Waals surface area contributed by atoms with Gasteiger partial charge in [-0.05, 0) is 116 Å². The molecular weight excluding hydrogens is 576 g/mol. The van der Waals surface area contributed by atoms with Gasteiger partial charge >= 0.3 is 0 Å². The number of aliphatic hydroxyl groups excluding tert-OH is 1. The van der Waals surface area contributed by atoms with Crippen LogP contribution in [0.1, 0.15) is 106 Å². The molecule has 0 aromatic heterocycles. The van der Waals surface area contributed by atoms with Gasteiger partial charge in [0.2, 0.25) is 0 Å². The van der Waals surface area contributed by atoms with Gasteiger partial charge in [0, 0.05) is 0 Å². The van der Waals surface area contributed by atoms with E-state index in [-0.39, 0.29) is 12.0 Å². The summed E-state index contributed by atoms with van der Waals surface area (Å²) < 4.78 is 0. The minimum Gasteiger partial charge on any atom is -0.508 e. The van der Waals surface area contributed by atoms with E-state index in [0.29, 0.717) is 23.3 Å². The van der Waals surface area contributed by atoms with Gasteiger partial charge in [-0.3, -0.25) is 0 Å². The van der Waals surface area contributed by atoms with Crippen LogP contribution in [0.25, 0.3) is 0 Å². The average Bonchev–Trinajstić information content (AvgIpc) is 2.98. The molecule has 4 rings (SSSR count). The van der Waals surface area contributed by atoms with Crippen molar-refractivity contribution < 1.29 is 15.3 Å². The molecule has 4 aromatic rings. The van der Waals surface area contributed by atoms with Gasteiger partial charge in [0.05, 0.1) is 6.10 Å². The van der Waals surface area contributed by atoms with Crippen LogP contribution in [0.2, 0.25) is 0 Å². The number of aryl methyl sites for hydroxylation is 4. The zero-order chi connectivity index (χ0) is 35.7. The van der Waals surface area contributed by atoms with Crippen LogP contribution in [0.15, 0.2) is 84.9 Å². The molecule has 0 radical (unpaired) electrons. The van der Waals surface area contributed by atoms with E-state index < -0.39 is 0 Å². The minimum absolute atomic E-state index is 0.285. The summed E-state index contributed by atoms with van der Waals surface area (Å²) in [6, 6.07) is 28.6. The summed E-state index contributed by atoms with van der Waals surface area (Å²) in [6.45, 7) is 25.2. The van der Waals surface area contributed by atoms with Crippen molar-refractivity contribution in [3.8, 4) is 11.5 Å². The maximum Gasteiger partial charge on any atom is 0.118 e. The van der Waals surface area contributed by atoms with E-state index in [1.165, 1.54) is 34.2 Å². The topological polar surface area (TPSA) is 60.7 Å². The Hall–Kier alpha value is -3.56. The monoisotopic (exact) mass is 640 g/mol. The van der Waals surface area contributed by atoms with Gasteiger partial charge in [-0.2, -0.15) is 0 Å². The molecule has 0 saturated carbocycles. The Labute approximate surface area is 287 Å². The lowest BCUT2D eigenvalue weighted by molar-refractivity contribution is 0.127. The third kappa shape index (κ3) is 17.8. The van der Waals surface area contributed by atoms with Gasteiger partial charge in [0.15, 0.2) is 0 Å². The molecule has 3 heteroatoms. The van der Waals surface area contributed by atoms with Crippen LogP contribution in [0, 0.1) is 51.4 Å². The van der Waals surface area contributed by atoms with Crippen molar-refractivity contribution in [2.75, 3.05) is 0 Å². The Bertz CT molecular complexity index is 1360. The van der Waals surface area contributed by atoms with Crippen LogP contribution < -0.4 is 0 Å². The summed E-state index contributed by atoms with van der Waals surface area (Å²) >= 11 is 0. The Morgan fingerprint density at radius 3 is 1.09 bits per heavy atom. The van der Waals surface area contributed by atoms with Crippen LogP contribution in [0.5, 0.6) is 11.5 Å². The van der Waals surface area contributed by atoms with E-state index in [0.717, 1.165) is 35.4 Å². The number of benzene rings is 4. The summed E-state index contributed by atoms with van der Waals surface area (Å²) in [5.41, 5.74) is 9.36. The van der Waals surface area contributed by atoms with Crippen LogP contribution in [-0.2, 0) is 19.3 Å². The molecule has 0 bridgehead atoms. The smallest absolute Gasteiger partial charge is 0.118 e. The standard InChI is InChI=1S/3C11H16O.C11H16/c1-8(2)11(12)10-6-4-9(3)5-7-10;2*1-8(2)6-10-5-4-9(3)11(12)7-10;1-9(2)8-11-6-4-10(3)5-7-11/h4-8,11-12H,1-3H3;2*4-5,7-8,12H,6H2,1-3H3;4-7,9H,8H2,1-3H3. The van der Waals surface area contributed by atoms with Crippen LogP contribution in [-0.4, -0.2) is 15.3 Å². The van der Waals surface area contributed by atoms with Crippen molar-refractivity contribution in [2.24, 2.45) is 23.7 Å². The van der Waals surface area contributed by atoms with Crippen molar-refractivity contribution in [1.82, 2.24) is 0 Å². The first kappa shape index (κ1) is 41.5. The lowest BCUT2D eigenvalue weighted by atomic mass is 9.98. The number of phenols is 2. The molecule has 0 heterocycles. The molecule has 258 valence electrons. The zero-order valence-corrected chi connectivity index (χ0v) is 31.4. The SMILES string of the molecule is Cc1ccc(C(O)C(C)C)cc1.Cc1ccc(CC(C)C)cc1.Cc1ccc(CC(C)C)cc1O.Cc1ccc(CC(C)C)cc1O. The largest absolute Gasteiger partial charge is 0.508 e. The molecule has 0 amide bonds. The summed E-state index contributed by atoms with van der Waals surface area (Å²) in [5.74, 6) is 3.16. The van der Waals surface area contributed by atoms with E-state index in [9.17, 15) is 15.3 Å². The summed E-state index contributed by atoms with van der Waals surface area (Å²) in [7, 11) is 0. The number of phenolic OH excluding ortho intramolecular Hbond substituents is 2. The van der Waals surface area contributed by atoms with Crippen molar-refractivity contribution in [3.63, 3.8) is 0 Å². The predicted molar refractivity (Wildman–Crippen MR) is 203 cm³/mol. The fourth-order valence-corrected chi connectivity index (χ4v) is 4.85. The highest BCUT2D eigenvalue weighted by Gasteiger charge is 2.10. The molecule has 1 unspecified atom stereocenters. The number of rotatable bonds is 8. The van der Waals surface area contributed by atoms with Crippen LogP contribution in [0.4, 0.5) is 0 Å². The molecule has 0 fully saturated rings. The number of hydrogen-bond donors (Lipinski definition) is 3. The lowest BCUT2D eigenvalue weighted by Crippen LogP contribution is -2.04. The Balaban J connectivity index is 0.000000314. The van der Waals surface area contributed by atoms with Crippen LogP contribution >= 0.6 is 0 Å². The number of aliphatic hydroxyl groups is 1. The van der Waals surface area contributed by atoms with E-state index in [2.05, 4.69) is 84.9 Å². The highest BCUT2D eigenvalue weighted by molar-refractivity contribution is 5.36. The highest BCUT2D eigenvalue weighted by atomic mass is 16.3. The molecule has 47 heavy (non-hydrogen) atoms. The average molecular weight is 641 g/mol. The number of hydrogen-bond acceptors (Lipinski definition) is 3. The van der Waals surface area contributed by atoms with E-state index >= 15 is 0 Å². The van der Waals surface area contributed by atoms with Crippen molar-refractivity contribution >= 4 is 0 Å². The second-order valence-electron chi connectivity index (χ2n) is 14.6. The molecule has 4 aromatic carbocycles. The normalized spacial score (nSPS) is 11.3. The van der Waals surface area contributed by atoms with Gasteiger partial charge in [-0.15, -0.1) is 0 Å². The van der Waals surface area contributed by atoms with Crippen molar-refractivity contribution in [1.29, 1.82) is 0 Å².